The minimum Gasteiger partial charge on any atom is -0.464 e. The van der Waals surface area contributed by atoms with Gasteiger partial charge in [0.25, 0.3) is 5.56 Å². The number of anilines is 2. The smallest absolute Gasteiger partial charge is 0.331 e. The van der Waals surface area contributed by atoms with E-state index in [-0.39, 0.29) is 11.2 Å². The molecule has 2 aromatic carbocycles. The van der Waals surface area contributed by atoms with E-state index in [1.165, 1.54) is 12.6 Å². The number of fused-ring (bicyclic) bond motifs is 5. The number of benzene rings is 2. The molecule has 0 spiro atoms. The summed E-state index contributed by atoms with van der Waals surface area (Å²) in [5.41, 5.74) is 6.04. The lowest BCUT2D eigenvalue weighted by Crippen LogP contribution is -2.37. The molecule has 7 nitrogen and oxygen atoms in total. The third kappa shape index (κ3) is 2.91. The lowest BCUT2D eigenvalue weighted by Gasteiger charge is -2.39. The molecule has 0 N–H and O–H groups in total. The maximum atomic E-state index is 13.3. The van der Waals surface area contributed by atoms with Crippen LogP contribution in [0.4, 0.5) is 11.4 Å². The molecule has 1 aliphatic rings. The van der Waals surface area contributed by atoms with Gasteiger partial charge in [-0.25, -0.2) is 4.79 Å². The zero-order valence-corrected chi connectivity index (χ0v) is 20.4. The molecule has 1 aliphatic heterocycles. The number of para-hydroxylation sites is 1. The molecule has 0 saturated heterocycles. The Morgan fingerprint density at radius 2 is 1.51 bits per heavy atom. The van der Waals surface area contributed by atoms with Crippen molar-refractivity contribution < 1.29 is 4.42 Å². The van der Waals surface area contributed by atoms with Gasteiger partial charge in [-0.15, -0.1) is 0 Å². The van der Waals surface area contributed by atoms with Crippen molar-refractivity contribution in [2.75, 3.05) is 4.90 Å². The van der Waals surface area contributed by atoms with Crippen LogP contribution in [-0.4, -0.2) is 13.7 Å². The zero-order chi connectivity index (χ0) is 24.6. The van der Waals surface area contributed by atoms with Gasteiger partial charge in [0.05, 0.1) is 28.0 Å². The molecular formula is C28H26N4O3. The number of nitrogens with zero attached hydrogens (tertiary/aromatic N) is 4. The summed E-state index contributed by atoms with van der Waals surface area (Å²) in [7, 11) is 3.24. The predicted molar refractivity (Wildman–Crippen MR) is 137 cm³/mol. The minimum atomic E-state index is -0.393. The van der Waals surface area contributed by atoms with Crippen molar-refractivity contribution in [2.24, 2.45) is 14.1 Å². The van der Waals surface area contributed by atoms with Gasteiger partial charge in [0.1, 0.15) is 17.6 Å². The number of hydrogen-bond acceptors (Lipinski definition) is 4. The van der Waals surface area contributed by atoms with E-state index < -0.39 is 6.04 Å². The summed E-state index contributed by atoms with van der Waals surface area (Å²) in [4.78, 5) is 28.5. The first-order chi connectivity index (χ1) is 16.8. The number of aryl methyl sites for hydroxylation is 4. The number of aromatic nitrogens is 3. The first-order valence-electron chi connectivity index (χ1n) is 11.6. The van der Waals surface area contributed by atoms with Crippen molar-refractivity contribution in [1.29, 1.82) is 0 Å². The van der Waals surface area contributed by atoms with Gasteiger partial charge >= 0.3 is 5.69 Å². The SMILES string of the molecule is Cc1ccc(C2c3c4c(cn3-c3cc(C)c(C)cc3N2c2ccccc2)c(=O)n(C)c(=O)n4C)o1. The van der Waals surface area contributed by atoms with E-state index in [4.69, 9.17) is 4.42 Å². The molecule has 7 heteroatoms. The third-order valence-corrected chi connectivity index (χ3v) is 7.15. The van der Waals surface area contributed by atoms with Crippen LogP contribution in [0.15, 0.2) is 74.8 Å². The minimum absolute atomic E-state index is 0.309. The third-order valence-electron chi connectivity index (χ3n) is 7.15. The van der Waals surface area contributed by atoms with Crippen LogP contribution in [0.3, 0.4) is 0 Å². The van der Waals surface area contributed by atoms with Gasteiger partial charge in [-0.2, -0.15) is 0 Å². The van der Waals surface area contributed by atoms with Crippen molar-refractivity contribution >= 4 is 22.3 Å². The highest BCUT2D eigenvalue weighted by molar-refractivity contribution is 5.89. The fourth-order valence-corrected chi connectivity index (χ4v) is 5.24. The maximum Gasteiger partial charge on any atom is 0.331 e. The Hall–Kier alpha value is -4.26. The van der Waals surface area contributed by atoms with Crippen LogP contribution in [0.5, 0.6) is 0 Å². The maximum absolute atomic E-state index is 13.3. The van der Waals surface area contributed by atoms with Gasteiger partial charge in [0.15, 0.2) is 0 Å². The molecular weight excluding hydrogens is 440 g/mol. The van der Waals surface area contributed by atoms with Gasteiger partial charge < -0.3 is 13.9 Å². The van der Waals surface area contributed by atoms with E-state index in [2.05, 4.69) is 47.6 Å². The molecule has 6 rings (SSSR count). The quantitative estimate of drug-likeness (QED) is 0.375. The Kier molecular flexibility index (Phi) is 4.48. The molecule has 3 aromatic heterocycles. The Balaban J connectivity index is 1.84. The zero-order valence-electron chi connectivity index (χ0n) is 20.4. The lowest BCUT2D eigenvalue weighted by molar-refractivity contribution is 0.457. The average molecular weight is 467 g/mol. The normalized spacial score (nSPS) is 14.9. The first kappa shape index (κ1) is 21.3. The number of furan rings is 1. The Bertz CT molecular complexity index is 1750. The molecule has 0 amide bonds. The van der Waals surface area contributed by atoms with Crippen LogP contribution in [0.1, 0.15) is 34.4 Å². The second-order valence-electron chi connectivity index (χ2n) is 9.33. The summed E-state index contributed by atoms with van der Waals surface area (Å²) < 4.78 is 11.0. The van der Waals surface area contributed by atoms with Crippen molar-refractivity contribution in [3.05, 3.63) is 110 Å². The van der Waals surface area contributed by atoms with Crippen molar-refractivity contribution in [3.8, 4) is 5.69 Å². The van der Waals surface area contributed by atoms with Crippen LogP contribution in [-0.2, 0) is 14.1 Å². The fraction of sp³-hybridized carbons (Fsp3) is 0.214. The monoisotopic (exact) mass is 466 g/mol. The van der Waals surface area contributed by atoms with E-state index in [0.29, 0.717) is 10.9 Å². The van der Waals surface area contributed by atoms with Crippen LogP contribution >= 0.6 is 0 Å². The second-order valence-corrected chi connectivity index (χ2v) is 9.33. The van der Waals surface area contributed by atoms with Gasteiger partial charge in [0, 0.05) is 26.0 Å². The molecule has 0 radical (unpaired) electrons. The number of rotatable bonds is 2. The van der Waals surface area contributed by atoms with Crippen LogP contribution in [0.2, 0.25) is 0 Å². The molecule has 1 unspecified atom stereocenters. The Morgan fingerprint density at radius 3 is 2.17 bits per heavy atom. The lowest BCUT2D eigenvalue weighted by atomic mass is 9.98. The summed E-state index contributed by atoms with van der Waals surface area (Å²) >= 11 is 0. The van der Waals surface area contributed by atoms with Gasteiger partial charge in [-0.05, 0) is 68.3 Å². The molecule has 35 heavy (non-hydrogen) atoms. The molecule has 176 valence electrons. The summed E-state index contributed by atoms with van der Waals surface area (Å²) in [5, 5.41) is 0.497. The molecule has 0 fully saturated rings. The molecule has 1 atom stereocenters. The standard InChI is InChI=1S/C28H26N4O3/c1-16-13-21-22(14-17(16)2)32(19-9-7-6-8-10-19)25(23-12-11-18(3)35-23)26-24-20(15-31(21)26)27(33)30(5)28(34)29(24)4/h6-15,25H,1-5H3. The van der Waals surface area contributed by atoms with Crippen LogP contribution < -0.4 is 16.1 Å². The summed E-state index contributed by atoms with van der Waals surface area (Å²) in [6, 6.07) is 18.0. The van der Waals surface area contributed by atoms with Crippen LogP contribution in [0.25, 0.3) is 16.6 Å². The highest BCUT2D eigenvalue weighted by atomic mass is 16.3. The summed E-state index contributed by atoms with van der Waals surface area (Å²) in [5.74, 6) is 1.54. The largest absolute Gasteiger partial charge is 0.464 e. The molecule has 0 aliphatic carbocycles. The highest BCUT2D eigenvalue weighted by Crippen LogP contribution is 2.49. The summed E-state index contributed by atoms with van der Waals surface area (Å²) in [6.07, 6.45) is 1.87. The van der Waals surface area contributed by atoms with E-state index >= 15 is 0 Å². The highest BCUT2D eigenvalue weighted by Gasteiger charge is 2.39. The average Bonchev–Trinajstić information content (AvgIpc) is 3.46. The van der Waals surface area contributed by atoms with E-state index in [9.17, 15) is 9.59 Å². The molecule has 0 bridgehead atoms. The Labute approximate surface area is 202 Å². The van der Waals surface area contributed by atoms with E-state index in [1.54, 1.807) is 11.6 Å². The van der Waals surface area contributed by atoms with Gasteiger partial charge in [-0.3, -0.25) is 13.9 Å². The van der Waals surface area contributed by atoms with Gasteiger partial charge in [0.2, 0.25) is 0 Å². The molecule has 0 saturated carbocycles. The van der Waals surface area contributed by atoms with Crippen molar-refractivity contribution in [2.45, 2.75) is 26.8 Å². The summed E-state index contributed by atoms with van der Waals surface area (Å²) in [6.45, 7) is 6.11. The van der Waals surface area contributed by atoms with Gasteiger partial charge in [-0.1, -0.05) is 18.2 Å². The fourth-order valence-electron chi connectivity index (χ4n) is 5.24. The van der Waals surface area contributed by atoms with Crippen molar-refractivity contribution in [3.63, 3.8) is 0 Å². The second kappa shape index (κ2) is 7.37. The van der Waals surface area contributed by atoms with E-state index in [1.807, 2.05) is 43.5 Å². The van der Waals surface area contributed by atoms with Crippen LogP contribution in [0, 0.1) is 20.8 Å². The first-order valence-corrected chi connectivity index (χ1v) is 11.6. The number of hydrogen-bond donors (Lipinski definition) is 0. The Morgan fingerprint density at radius 1 is 0.829 bits per heavy atom. The molecule has 5 aromatic rings. The molecule has 4 heterocycles. The predicted octanol–water partition coefficient (Wildman–Crippen LogP) is 4.79. The van der Waals surface area contributed by atoms with Crippen molar-refractivity contribution in [1.82, 2.24) is 13.7 Å². The topological polar surface area (TPSA) is 65.3 Å². The van der Waals surface area contributed by atoms with E-state index in [0.717, 1.165) is 44.4 Å².